The summed E-state index contributed by atoms with van der Waals surface area (Å²) in [7, 11) is -2.61. The first-order valence-corrected chi connectivity index (χ1v) is 11.6. The molecule has 0 aliphatic carbocycles. The monoisotopic (exact) mass is 482 g/mol. The molecule has 0 radical (unpaired) electrons. The molecule has 3 rings (SSSR count). The number of nitro benzene ring substituents is 1. The molecule has 1 heterocycles. The average Bonchev–Trinajstić information content (AvgIpc) is 2.79. The molecule has 2 aromatic carbocycles. The van der Waals surface area contributed by atoms with Gasteiger partial charge in [0.05, 0.1) is 27.6 Å². The third-order valence-corrected chi connectivity index (χ3v) is 7.34. The van der Waals surface area contributed by atoms with Gasteiger partial charge in [-0.1, -0.05) is 23.7 Å². The van der Waals surface area contributed by atoms with Crippen LogP contribution in [0.1, 0.15) is 6.42 Å². The molecule has 1 aliphatic heterocycles. The van der Waals surface area contributed by atoms with E-state index in [0.29, 0.717) is 30.3 Å². The summed E-state index contributed by atoms with van der Waals surface area (Å²) in [4.78, 5) is 24.6. The lowest BCUT2D eigenvalue weighted by Gasteiger charge is -2.33. The summed E-state index contributed by atoms with van der Waals surface area (Å²) in [5.74, 6) is -0.187. The van der Waals surface area contributed by atoms with Gasteiger partial charge in [0, 0.05) is 45.2 Å². The Hall–Kier alpha value is -2.73. The molecule has 10 nitrogen and oxygen atoms in total. The van der Waals surface area contributed by atoms with E-state index in [4.69, 9.17) is 16.3 Å². The number of nitrogens with zero attached hydrogens (tertiary/aromatic N) is 3. The van der Waals surface area contributed by atoms with Gasteiger partial charge in [-0.2, -0.15) is 4.31 Å². The number of piperazine rings is 1. The first-order valence-electron chi connectivity index (χ1n) is 9.81. The van der Waals surface area contributed by atoms with Crippen molar-refractivity contribution in [3.63, 3.8) is 0 Å². The third-order valence-electron chi connectivity index (χ3n) is 5.12. The number of halogens is 1. The van der Waals surface area contributed by atoms with Crippen LogP contribution in [0.5, 0.6) is 5.75 Å². The molecule has 1 amide bonds. The summed E-state index contributed by atoms with van der Waals surface area (Å²) in [6.45, 7) is 1.79. The molecule has 1 aliphatic rings. The van der Waals surface area contributed by atoms with E-state index >= 15 is 0 Å². The van der Waals surface area contributed by atoms with E-state index < -0.39 is 20.6 Å². The Kier molecular flexibility index (Phi) is 7.67. The van der Waals surface area contributed by atoms with Crippen molar-refractivity contribution in [2.75, 3.05) is 45.2 Å². The van der Waals surface area contributed by atoms with Crippen molar-refractivity contribution in [1.82, 2.24) is 9.21 Å². The van der Waals surface area contributed by atoms with E-state index in [1.54, 1.807) is 24.3 Å². The van der Waals surface area contributed by atoms with Crippen LogP contribution in [0, 0.1) is 10.1 Å². The second-order valence-electron chi connectivity index (χ2n) is 7.11. The van der Waals surface area contributed by atoms with E-state index in [1.165, 1.54) is 23.5 Å². The van der Waals surface area contributed by atoms with Gasteiger partial charge in [0.2, 0.25) is 15.9 Å². The summed E-state index contributed by atoms with van der Waals surface area (Å²) in [5.41, 5.74) is 0.139. The lowest BCUT2D eigenvalue weighted by atomic mass is 10.3. The Balaban J connectivity index is 1.56. The summed E-state index contributed by atoms with van der Waals surface area (Å²) < 4.78 is 32.1. The van der Waals surface area contributed by atoms with Crippen molar-refractivity contribution >= 4 is 38.9 Å². The van der Waals surface area contributed by atoms with E-state index in [9.17, 15) is 23.3 Å². The number of methoxy groups -OCH3 is 1. The number of nitrogens with one attached hydrogen (secondary N) is 1. The topological polar surface area (TPSA) is 122 Å². The van der Waals surface area contributed by atoms with Crippen molar-refractivity contribution in [3.05, 3.63) is 57.6 Å². The van der Waals surface area contributed by atoms with Crippen LogP contribution in [0.15, 0.2) is 47.4 Å². The fourth-order valence-electron chi connectivity index (χ4n) is 3.35. The number of hydrogen-bond acceptors (Lipinski definition) is 7. The Morgan fingerprint density at radius 1 is 1.19 bits per heavy atom. The molecule has 32 heavy (non-hydrogen) atoms. The molecule has 172 valence electrons. The standard InChI is InChI=1S/C20H23ClN4O6S/c1-31-19-7-6-15(14-18(19)25(27)28)32(29,30)24-12-10-23(11-13-24)9-8-20(26)22-17-5-3-2-4-16(17)21/h2-7,14H,8-13H2,1H3,(H,22,26). The number of amides is 1. The zero-order valence-electron chi connectivity index (χ0n) is 17.4. The van der Waals surface area contributed by atoms with Crippen LogP contribution in [0.2, 0.25) is 5.02 Å². The molecular weight excluding hydrogens is 460 g/mol. The van der Waals surface area contributed by atoms with Gasteiger partial charge in [0.25, 0.3) is 0 Å². The summed E-state index contributed by atoms with van der Waals surface area (Å²) >= 11 is 6.04. The Labute approximate surface area is 190 Å². The van der Waals surface area contributed by atoms with E-state index in [2.05, 4.69) is 5.32 Å². The third kappa shape index (κ3) is 5.54. The highest BCUT2D eigenvalue weighted by atomic mass is 35.5. The van der Waals surface area contributed by atoms with E-state index in [1.807, 2.05) is 4.90 Å². The van der Waals surface area contributed by atoms with Crippen LogP contribution in [-0.4, -0.2) is 68.3 Å². The normalized spacial score (nSPS) is 15.3. The van der Waals surface area contributed by atoms with Crippen molar-refractivity contribution in [2.24, 2.45) is 0 Å². The number of nitro groups is 1. The number of hydrogen-bond donors (Lipinski definition) is 1. The van der Waals surface area contributed by atoms with E-state index in [-0.39, 0.29) is 36.1 Å². The fraction of sp³-hybridized carbons (Fsp3) is 0.350. The van der Waals surface area contributed by atoms with Crippen molar-refractivity contribution in [2.45, 2.75) is 11.3 Å². The first kappa shape index (κ1) is 23.9. The van der Waals surface area contributed by atoms with Gasteiger partial charge in [-0.05, 0) is 24.3 Å². The van der Waals surface area contributed by atoms with Gasteiger partial charge in [-0.15, -0.1) is 0 Å². The quantitative estimate of drug-likeness (QED) is 0.453. The molecule has 1 saturated heterocycles. The number of carbonyl (C=O) groups excluding carboxylic acids is 1. The smallest absolute Gasteiger partial charge is 0.312 e. The maximum Gasteiger partial charge on any atom is 0.312 e. The SMILES string of the molecule is COc1ccc(S(=O)(=O)N2CCN(CCC(=O)Nc3ccccc3Cl)CC2)cc1[N+](=O)[O-]. The second kappa shape index (κ2) is 10.3. The number of para-hydroxylation sites is 1. The van der Waals surface area contributed by atoms with Crippen molar-refractivity contribution in [3.8, 4) is 5.75 Å². The van der Waals surface area contributed by atoms with Crippen LogP contribution in [0.25, 0.3) is 0 Å². The minimum atomic E-state index is -3.89. The second-order valence-corrected chi connectivity index (χ2v) is 9.46. The number of benzene rings is 2. The van der Waals surface area contributed by atoms with Gasteiger partial charge in [-0.3, -0.25) is 14.9 Å². The predicted octanol–water partition coefficient (Wildman–Crippen LogP) is 2.59. The minimum Gasteiger partial charge on any atom is -0.490 e. The molecule has 0 atom stereocenters. The zero-order valence-corrected chi connectivity index (χ0v) is 18.9. The largest absolute Gasteiger partial charge is 0.490 e. The molecule has 12 heteroatoms. The highest BCUT2D eigenvalue weighted by Gasteiger charge is 2.30. The molecule has 0 saturated carbocycles. The zero-order chi connectivity index (χ0) is 23.3. The van der Waals surface area contributed by atoms with Gasteiger partial charge < -0.3 is 15.0 Å². The van der Waals surface area contributed by atoms with E-state index in [0.717, 1.165) is 6.07 Å². The molecular formula is C20H23ClN4O6S. The van der Waals surface area contributed by atoms with Crippen molar-refractivity contribution in [1.29, 1.82) is 0 Å². The maximum absolute atomic E-state index is 12.9. The number of sulfonamides is 1. The van der Waals surface area contributed by atoms with Crippen LogP contribution in [0.4, 0.5) is 11.4 Å². The molecule has 0 aromatic heterocycles. The average molecular weight is 483 g/mol. The van der Waals surface area contributed by atoms with Crippen molar-refractivity contribution < 1.29 is 22.9 Å². The highest BCUT2D eigenvalue weighted by molar-refractivity contribution is 7.89. The van der Waals surface area contributed by atoms with Crippen LogP contribution < -0.4 is 10.1 Å². The first-order chi connectivity index (χ1) is 15.2. The lowest BCUT2D eigenvalue weighted by molar-refractivity contribution is -0.386. The lowest BCUT2D eigenvalue weighted by Crippen LogP contribution is -2.49. The summed E-state index contributed by atoms with van der Waals surface area (Å²) in [5, 5.41) is 14.4. The van der Waals surface area contributed by atoms with Gasteiger partial charge in [0.1, 0.15) is 0 Å². The number of carbonyl (C=O) groups is 1. The summed E-state index contributed by atoms with van der Waals surface area (Å²) in [6.07, 6.45) is 0.239. The molecule has 1 fully saturated rings. The molecule has 0 unspecified atom stereocenters. The highest BCUT2D eigenvalue weighted by Crippen LogP contribution is 2.30. The minimum absolute atomic E-state index is 0.00571. The molecule has 2 aromatic rings. The van der Waals surface area contributed by atoms with Crippen LogP contribution in [0.3, 0.4) is 0 Å². The Morgan fingerprint density at radius 2 is 1.88 bits per heavy atom. The van der Waals surface area contributed by atoms with Crippen LogP contribution in [-0.2, 0) is 14.8 Å². The predicted molar refractivity (Wildman–Crippen MR) is 120 cm³/mol. The fourth-order valence-corrected chi connectivity index (χ4v) is 4.98. The number of ether oxygens (including phenoxy) is 1. The molecule has 1 N–H and O–H groups in total. The Morgan fingerprint density at radius 3 is 2.50 bits per heavy atom. The molecule has 0 spiro atoms. The van der Waals surface area contributed by atoms with Crippen LogP contribution >= 0.6 is 11.6 Å². The van der Waals surface area contributed by atoms with Gasteiger partial charge >= 0.3 is 5.69 Å². The van der Waals surface area contributed by atoms with Gasteiger partial charge in [0.15, 0.2) is 5.75 Å². The number of anilines is 1. The number of rotatable bonds is 8. The maximum atomic E-state index is 12.9. The van der Waals surface area contributed by atoms with Gasteiger partial charge in [-0.25, -0.2) is 8.42 Å². The molecule has 0 bridgehead atoms. The summed E-state index contributed by atoms with van der Waals surface area (Å²) in [6, 6.07) is 10.5. The Bertz CT molecular complexity index is 1100.